The maximum Gasteiger partial charge on any atom is 0.228 e. The molecule has 0 heterocycles. The van der Waals surface area contributed by atoms with Crippen LogP contribution in [0.4, 0.5) is 11.4 Å². The number of ether oxygens (including phenoxy) is 1. The normalized spacial score (nSPS) is 10.0. The summed E-state index contributed by atoms with van der Waals surface area (Å²) in [7, 11) is 1.61. The summed E-state index contributed by atoms with van der Waals surface area (Å²) in [5.74, 6) is 0.626. The fourth-order valence-corrected chi connectivity index (χ4v) is 2.02. The Bertz CT molecular complexity index is 664. The first kappa shape index (κ1) is 16.5. The van der Waals surface area contributed by atoms with Crippen LogP contribution in [0.15, 0.2) is 48.5 Å². The lowest BCUT2D eigenvalue weighted by Gasteiger charge is -2.08. The number of methoxy groups -OCH3 is 1. The van der Waals surface area contributed by atoms with E-state index in [-0.39, 0.29) is 18.2 Å². The molecule has 120 valence electrons. The minimum absolute atomic E-state index is 0.0405. The largest absolute Gasteiger partial charge is 0.497 e. The standard InChI is InChI=1S/C18H20N2O3/c1-3-17(21)19-14-6-8-15(9-7-14)20-18(22)12-13-4-10-16(23-2)11-5-13/h4-11H,3,12H2,1-2H3,(H,19,21)(H,20,22). The molecule has 0 aromatic heterocycles. The predicted molar refractivity (Wildman–Crippen MR) is 90.7 cm³/mol. The SMILES string of the molecule is CCC(=O)Nc1ccc(NC(=O)Cc2ccc(OC)cc2)cc1. The number of carbonyl (C=O) groups excluding carboxylic acids is 2. The van der Waals surface area contributed by atoms with Gasteiger partial charge in [-0.3, -0.25) is 9.59 Å². The van der Waals surface area contributed by atoms with Gasteiger partial charge in [-0.1, -0.05) is 19.1 Å². The van der Waals surface area contributed by atoms with Crippen molar-refractivity contribution in [2.45, 2.75) is 19.8 Å². The molecule has 0 saturated heterocycles. The van der Waals surface area contributed by atoms with E-state index < -0.39 is 0 Å². The maximum atomic E-state index is 12.0. The van der Waals surface area contributed by atoms with Gasteiger partial charge in [0.05, 0.1) is 13.5 Å². The number of anilines is 2. The molecule has 5 nitrogen and oxygen atoms in total. The highest BCUT2D eigenvalue weighted by atomic mass is 16.5. The topological polar surface area (TPSA) is 67.4 Å². The van der Waals surface area contributed by atoms with Gasteiger partial charge in [-0.2, -0.15) is 0 Å². The quantitative estimate of drug-likeness (QED) is 0.860. The van der Waals surface area contributed by atoms with Gasteiger partial charge in [0.25, 0.3) is 0 Å². The van der Waals surface area contributed by atoms with E-state index in [9.17, 15) is 9.59 Å². The van der Waals surface area contributed by atoms with Gasteiger partial charge in [0.2, 0.25) is 11.8 Å². The van der Waals surface area contributed by atoms with Crippen LogP contribution in [0, 0.1) is 0 Å². The van der Waals surface area contributed by atoms with Crippen molar-refractivity contribution in [1.82, 2.24) is 0 Å². The molecule has 2 rings (SSSR count). The Hall–Kier alpha value is -2.82. The third-order valence-corrected chi connectivity index (χ3v) is 3.30. The Morgan fingerprint density at radius 1 is 0.870 bits per heavy atom. The summed E-state index contributed by atoms with van der Waals surface area (Å²) < 4.78 is 5.09. The summed E-state index contributed by atoms with van der Waals surface area (Å²) in [4.78, 5) is 23.3. The van der Waals surface area contributed by atoms with Crippen LogP contribution in [0.1, 0.15) is 18.9 Å². The summed E-state index contributed by atoms with van der Waals surface area (Å²) in [5, 5.41) is 5.59. The first-order valence-corrected chi connectivity index (χ1v) is 7.43. The third kappa shape index (κ3) is 5.14. The molecule has 0 bridgehead atoms. The molecule has 0 aliphatic heterocycles. The Kier molecular flexibility index (Phi) is 5.74. The van der Waals surface area contributed by atoms with E-state index in [0.717, 1.165) is 11.3 Å². The number of amides is 2. The zero-order valence-corrected chi connectivity index (χ0v) is 13.3. The number of benzene rings is 2. The molecule has 0 spiro atoms. The average Bonchev–Trinajstić information content (AvgIpc) is 2.57. The van der Waals surface area contributed by atoms with Gasteiger partial charge in [0.1, 0.15) is 5.75 Å². The lowest BCUT2D eigenvalue weighted by Crippen LogP contribution is -2.14. The fourth-order valence-electron chi connectivity index (χ4n) is 2.02. The second-order valence-corrected chi connectivity index (χ2v) is 5.05. The van der Waals surface area contributed by atoms with Crippen molar-refractivity contribution in [3.8, 4) is 5.75 Å². The smallest absolute Gasteiger partial charge is 0.228 e. The number of carbonyl (C=O) groups is 2. The molecular formula is C18H20N2O3. The van der Waals surface area contributed by atoms with E-state index in [4.69, 9.17) is 4.74 Å². The average molecular weight is 312 g/mol. The van der Waals surface area contributed by atoms with Crippen molar-refractivity contribution in [3.05, 3.63) is 54.1 Å². The summed E-state index contributed by atoms with van der Waals surface area (Å²) in [6.45, 7) is 1.79. The first-order valence-electron chi connectivity index (χ1n) is 7.43. The Morgan fingerprint density at radius 2 is 1.39 bits per heavy atom. The van der Waals surface area contributed by atoms with Crippen molar-refractivity contribution >= 4 is 23.2 Å². The minimum atomic E-state index is -0.0967. The second kappa shape index (κ2) is 7.98. The van der Waals surface area contributed by atoms with Gasteiger partial charge in [0, 0.05) is 17.8 Å². The molecule has 2 aromatic rings. The van der Waals surface area contributed by atoms with Crippen LogP contribution < -0.4 is 15.4 Å². The van der Waals surface area contributed by atoms with Crippen molar-refractivity contribution in [1.29, 1.82) is 0 Å². The Morgan fingerprint density at radius 3 is 1.87 bits per heavy atom. The van der Waals surface area contributed by atoms with E-state index in [2.05, 4.69) is 10.6 Å². The molecule has 0 fully saturated rings. The van der Waals surface area contributed by atoms with Crippen LogP contribution in [-0.2, 0) is 16.0 Å². The van der Waals surface area contributed by atoms with Gasteiger partial charge >= 0.3 is 0 Å². The van der Waals surface area contributed by atoms with E-state index in [1.54, 1.807) is 38.3 Å². The third-order valence-electron chi connectivity index (χ3n) is 3.30. The number of nitrogens with one attached hydrogen (secondary N) is 2. The fraction of sp³-hybridized carbons (Fsp3) is 0.222. The Labute approximate surface area is 135 Å². The van der Waals surface area contributed by atoms with Crippen molar-refractivity contribution in [2.24, 2.45) is 0 Å². The summed E-state index contributed by atoms with van der Waals surface area (Å²) >= 11 is 0. The van der Waals surface area contributed by atoms with Crippen LogP contribution in [0.2, 0.25) is 0 Å². The molecule has 0 radical (unpaired) electrons. The summed E-state index contributed by atoms with van der Waals surface area (Å²) in [6, 6.07) is 14.4. The highest BCUT2D eigenvalue weighted by Crippen LogP contribution is 2.15. The number of rotatable bonds is 6. The van der Waals surface area contributed by atoms with Gasteiger partial charge in [-0.15, -0.1) is 0 Å². The van der Waals surface area contributed by atoms with E-state index >= 15 is 0 Å². The van der Waals surface area contributed by atoms with Crippen LogP contribution >= 0.6 is 0 Å². The van der Waals surface area contributed by atoms with Crippen molar-refractivity contribution in [3.63, 3.8) is 0 Å². The number of hydrogen-bond donors (Lipinski definition) is 2. The molecule has 2 aromatic carbocycles. The molecule has 5 heteroatoms. The van der Waals surface area contributed by atoms with Gasteiger partial charge in [-0.05, 0) is 42.0 Å². The van der Waals surface area contributed by atoms with Crippen molar-refractivity contribution in [2.75, 3.05) is 17.7 Å². The molecule has 2 N–H and O–H groups in total. The van der Waals surface area contributed by atoms with Crippen LogP contribution in [0.3, 0.4) is 0 Å². The van der Waals surface area contributed by atoms with Crippen LogP contribution in [-0.4, -0.2) is 18.9 Å². The molecule has 0 aliphatic rings. The molecule has 2 amide bonds. The first-order chi connectivity index (χ1) is 11.1. The lowest BCUT2D eigenvalue weighted by molar-refractivity contribution is -0.116. The highest BCUT2D eigenvalue weighted by Gasteiger charge is 2.05. The van der Waals surface area contributed by atoms with E-state index in [1.165, 1.54) is 0 Å². The van der Waals surface area contributed by atoms with Crippen LogP contribution in [0.5, 0.6) is 5.75 Å². The monoisotopic (exact) mass is 312 g/mol. The minimum Gasteiger partial charge on any atom is -0.497 e. The zero-order valence-electron chi connectivity index (χ0n) is 13.3. The zero-order chi connectivity index (χ0) is 16.7. The molecule has 0 atom stereocenters. The molecule has 23 heavy (non-hydrogen) atoms. The van der Waals surface area contributed by atoms with Crippen molar-refractivity contribution < 1.29 is 14.3 Å². The number of hydrogen-bond acceptors (Lipinski definition) is 3. The molecule has 0 unspecified atom stereocenters. The molecule has 0 aliphatic carbocycles. The highest BCUT2D eigenvalue weighted by molar-refractivity contribution is 5.93. The lowest BCUT2D eigenvalue weighted by atomic mass is 10.1. The van der Waals surface area contributed by atoms with E-state index in [1.807, 2.05) is 24.3 Å². The predicted octanol–water partition coefficient (Wildman–Crippen LogP) is 3.22. The van der Waals surface area contributed by atoms with Gasteiger partial charge in [0.15, 0.2) is 0 Å². The van der Waals surface area contributed by atoms with Gasteiger partial charge in [-0.25, -0.2) is 0 Å². The second-order valence-electron chi connectivity index (χ2n) is 5.05. The van der Waals surface area contributed by atoms with E-state index in [0.29, 0.717) is 17.8 Å². The molecular weight excluding hydrogens is 292 g/mol. The Balaban J connectivity index is 1.90. The maximum absolute atomic E-state index is 12.0. The molecule has 0 saturated carbocycles. The van der Waals surface area contributed by atoms with Gasteiger partial charge < -0.3 is 15.4 Å². The summed E-state index contributed by atoms with van der Waals surface area (Å²) in [5.41, 5.74) is 2.32. The summed E-state index contributed by atoms with van der Waals surface area (Å²) in [6.07, 6.45) is 0.721. The van der Waals surface area contributed by atoms with Crippen LogP contribution in [0.25, 0.3) is 0 Å².